The molecule has 0 atom stereocenters. The zero-order valence-electron chi connectivity index (χ0n) is 7.77. The number of allylic oxidation sites excluding steroid dienone is 2. The molecule has 0 N–H and O–H groups in total. The molecule has 3 nitrogen and oxygen atoms in total. The van der Waals surface area contributed by atoms with Gasteiger partial charge in [-0.2, -0.15) is 0 Å². The van der Waals surface area contributed by atoms with Crippen molar-refractivity contribution in [1.29, 1.82) is 0 Å². The molecule has 0 amide bonds. The highest BCUT2D eigenvalue weighted by atomic mass is 79.9. The Balaban J connectivity index is 3.73. The van der Waals surface area contributed by atoms with Crippen LogP contribution in [0.1, 0.15) is 13.8 Å². The van der Waals surface area contributed by atoms with E-state index < -0.39 is 6.30 Å². The highest BCUT2D eigenvalue weighted by Gasteiger charge is 2.17. The molecular formula is C8H14BrO3P. The van der Waals surface area contributed by atoms with Crippen molar-refractivity contribution < 1.29 is 13.6 Å². The maximum atomic E-state index is 11.4. The molecule has 0 aromatic carbocycles. The van der Waals surface area contributed by atoms with E-state index in [-0.39, 0.29) is 13.2 Å². The van der Waals surface area contributed by atoms with Crippen LogP contribution in [0.3, 0.4) is 0 Å². The average molecular weight is 269 g/mol. The van der Waals surface area contributed by atoms with Crippen LogP contribution < -0.4 is 0 Å². The second kappa shape index (κ2) is 7.51. The first-order chi connectivity index (χ1) is 6.12. The highest BCUT2D eigenvalue weighted by Crippen LogP contribution is 2.55. The third-order valence-corrected chi connectivity index (χ3v) is 3.26. The third-order valence-electron chi connectivity index (χ3n) is 1.12. The van der Waals surface area contributed by atoms with E-state index in [9.17, 15) is 4.57 Å². The molecule has 0 aliphatic rings. The molecule has 0 spiro atoms. The normalized spacial score (nSPS) is 16.8. The highest BCUT2D eigenvalue weighted by molar-refractivity contribution is 9.39. The van der Waals surface area contributed by atoms with Crippen LogP contribution in [0.15, 0.2) is 24.3 Å². The summed E-state index contributed by atoms with van der Waals surface area (Å²) in [6, 6.07) is 0. The van der Waals surface area contributed by atoms with Crippen molar-refractivity contribution >= 4 is 21.8 Å². The Morgan fingerprint density at radius 3 is 1.85 bits per heavy atom. The van der Waals surface area contributed by atoms with Crippen molar-refractivity contribution in [3.8, 4) is 0 Å². The second-order valence-corrected chi connectivity index (χ2v) is 6.14. The van der Waals surface area contributed by atoms with Gasteiger partial charge in [-0.3, -0.25) is 9.05 Å². The van der Waals surface area contributed by atoms with Gasteiger partial charge in [0.1, 0.15) is 0 Å². The first-order valence-electron chi connectivity index (χ1n) is 3.93. The van der Waals surface area contributed by atoms with Gasteiger partial charge < -0.3 is 0 Å². The standard InChI is InChI=1S/C8H14BrO3P/c1-3-5-7-11-13(9,10)12-8-6-4-2/h3-6H,7-8H2,1-2H3. The fraction of sp³-hybridized carbons (Fsp3) is 0.500. The van der Waals surface area contributed by atoms with E-state index >= 15 is 0 Å². The SMILES string of the molecule is CC=CCOP(=O)(Br)OCC=CC. The third kappa shape index (κ3) is 8.44. The summed E-state index contributed by atoms with van der Waals surface area (Å²) >= 11 is 2.89. The molecule has 0 unspecified atom stereocenters. The Labute approximate surface area is 87.1 Å². The van der Waals surface area contributed by atoms with Crippen LogP contribution in [0.25, 0.3) is 0 Å². The summed E-state index contributed by atoms with van der Waals surface area (Å²) in [6.07, 6.45) is 4.11. The van der Waals surface area contributed by atoms with Gasteiger partial charge in [0.15, 0.2) is 0 Å². The summed E-state index contributed by atoms with van der Waals surface area (Å²) in [5.41, 5.74) is 0. The van der Waals surface area contributed by atoms with E-state index in [2.05, 4.69) is 15.5 Å². The molecule has 0 radical (unpaired) electrons. The number of hydrogen-bond donors (Lipinski definition) is 0. The Bertz CT molecular complexity index is 205. The van der Waals surface area contributed by atoms with Gasteiger partial charge in [-0.25, -0.2) is 4.57 Å². The summed E-state index contributed by atoms with van der Waals surface area (Å²) in [6.45, 7) is 4.30. The van der Waals surface area contributed by atoms with Gasteiger partial charge in [0, 0.05) is 15.5 Å². The number of rotatable bonds is 6. The number of halogens is 1. The molecule has 0 rings (SSSR count). The molecule has 0 aromatic rings. The smallest absolute Gasteiger partial charge is 0.296 e. The Hall–Kier alpha value is 0.110. The molecule has 0 fully saturated rings. The molecular weight excluding hydrogens is 255 g/mol. The van der Waals surface area contributed by atoms with Crippen LogP contribution in [-0.4, -0.2) is 13.2 Å². The van der Waals surface area contributed by atoms with E-state index in [0.29, 0.717) is 0 Å². The maximum Gasteiger partial charge on any atom is 0.396 e. The van der Waals surface area contributed by atoms with Gasteiger partial charge in [-0.05, 0) is 13.8 Å². The van der Waals surface area contributed by atoms with Gasteiger partial charge in [-0.15, -0.1) is 0 Å². The summed E-state index contributed by atoms with van der Waals surface area (Å²) in [5, 5.41) is 0. The first-order valence-corrected chi connectivity index (χ1v) is 7.49. The lowest BCUT2D eigenvalue weighted by Crippen LogP contribution is -1.90. The predicted molar refractivity (Wildman–Crippen MR) is 58.1 cm³/mol. The minimum Gasteiger partial charge on any atom is -0.296 e. The minimum absolute atomic E-state index is 0.287. The average Bonchev–Trinajstić information content (AvgIpc) is 2.05. The van der Waals surface area contributed by atoms with Gasteiger partial charge in [0.2, 0.25) is 0 Å². The molecule has 0 heterocycles. The van der Waals surface area contributed by atoms with Crippen LogP contribution in [0, 0.1) is 0 Å². The molecule has 76 valence electrons. The Morgan fingerprint density at radius 1 is 1.15 bits per heavy atom. The van der Waals surface area contributed by atoms with Crippen LogP contribution >= 0.6 is 21.8 Å². The molecule has 0 saturated carbocycles. The fourth-order valence-corrected chi connectivity index (χ4v) is 1.81. The molecule has 13 heavy (non-hydrogen) atoms. The topological polar surface area (TPSA) is 35.5 Å². The van der Waals surface area contributed by atoms with E-state index in [4.69, 9.17) is 9.05 Å². The number of hydrogen-bond acceptors (Lipinski definition) is 3. The summed E-state index contributed by atoms with van der Waals surface area (Å²) in [7, 11) is 0. The van der Waals surface area contributed by atoms with Crippen molar-refractivity contribution in [2.75, 3.05) is 13.2 Å². The van der Waals surface area contributed by atoms with Crippen LogP contribution in [0.5, 0.6) is 0 Å². The van der Waals surface area contributed by atoms with Crippen molar-refractivity contribution in [2.45, 2.75) is 13.8 Å². The van der Waals surface area contributed by atoms with E-state index in [0.717, 1.165) is 0 Å². The second-order valence-electron chi connectivity index (χ2n) is 2.16. The molecule has 0 aliphatic carbocycles. The van der Waals surface area contributed by atoms with Crippen LogP contribution in [0.2, 0.25) is 0 Å². The van der Waals surface area contributed by atoms with Gasteiger partial charge >= 0.3 is 6.30 Å². The first kappa shape index (κ1) is 13.1. The van der Waals surface area contributed by atoms with Gasteiger partial charge in [0.25, 0.3) is 0 Å². The van der Waals surface area contributed by atoms with Crippen molar-refractivity contribution in [3.63, 3.8) is 0 Å². The summed E-state index contributed by atoms with van der Waals surface area (Å²) in [4.78, 5) is 0. The molecule has 0 saturated heterocycles. The largest absolute Gasteiger partial charge is 0.396 e. The Morgan fingerprint density at radius 2 is 1.54 bits per heavy atom. The van der Waals surface area contributed by atoms with Gasteiger partial charge in [-0.1, -0.05) is 24.3 Å². The molecule has 5 heteroatoms. The summed E-state index contributed by atoms with van der Waals surface area (Å²) in [5.74, 6) is 0. The van der Waals surface area contributed by atoms with E-state index in [1.54, 1.807) is 12.2 Å². The Kier molecular flexibility index (Phi) is 7.57. The quantitative estimate of drug-likeness (QED) is 0.545. The lowest BCUT2D eigenvalue weighted by Gasteiger charge is -2.08. The minimum atomic E-state index is -3.04. The maximum absolute atomic E-state index is 11.4. The molecule has 0 aromatic heterocycles. The molecule has 0 bridgehead atoms. The molecule has 0 aliphatic heterocycles. The monoisotopic (exact) mass is 268 g/mol. The van der Waals surface area contributed by atoms with Crippen molar-refractivity contribution in [2.24, 2.45) is 0 Å². The van der Waals surface area contributed by atoms with Gasteiger partial charge in [0.05, 0.1) is 13.2 Å². The fourth-order valence-electron chi connectivity index (χ4n) is 0.494. The predicted octanol–water partition coefficient (Wildman–Crippen LogP) is 3.67. The van der Waals surface area contributed by atoms with Crippen molar-refractivity contribution in [3.05, 3.63) is 24.3 Å². The van der Waals surface area contributed by atoms with E-state index in [1.165, 1.54) is 0 Å². The van der Waals surface area contributed by atoms with E-state index in [1.807, 2.05) is 26.0 Å². The van der Waals surface area contributed by atoms with Crippen LogP contribution in [-0.2, 0) is 13.6 Å². The zero-order chi connectivity index (χ0) is 10.2. The van der Waals surface area contributed by atoms with Crippen molar-refractivity contribution in [1.82, 2.24) is 0 Å². The lowest BCUT2D eigenvalue weighted by atomic mass is 10.6. The zero-order valence-corrected chi connectivity index (χ0v) is 10.3. The van der Waals surface area contributed by atoms with Crippen LogP contribution in [0.4, 0.5) is 0 Å². The lowest BCUT2D eigenvalue weighted by molar-refractivity contribution is 0.256. The summed E-state index contributed by atoms with van der Waals surface area (Å²) < 4.78 is 21.3.